The van der Waals surface area contributed by atoms with Gasteiger partial charge in [0.2, 0.25) is 5.91 Å². The van der Waals surface area contributed by atoms with Crippen LogP contribution in [0.2, 0.25) is 5.02 Å². The molecule has 2 aromatic rings. The van der Waals surface area contributed by atoms with E-state index in [1.807, 2.05) is 43.3 Å². The molecule has 1 unspecified atom stereocenters. The molecule has 0 saturated heterocycles. The molecule has 0 radical (unpaired) electrons. The van der Waals surface area contributed by atoms with Gasteiger partial charge >= 0.3 is 0 Å². The quantitative estimate of drug-likeness (QED) is 0.881. The molecule has 2 nitrogen and oxygen atoms in total. The molecule has 3 heteroatoms. The topological polar surface area (TPSA) is 29.1 Å². The number of benzene rings is 2. The van der Waals surface area contributed by atoms with Crippen molar-refractivity contribution >= 4 is 23.2 Å². The van der Waals surface area contributed by atoms with Gasteiger partial charge in [-0.1, -0.05) is 41.4 Å². The summed E-state index contributed by atoms with van der Waals surface area (Å²) in [5.41, 5.74) is 4.28. The van der Waals surface area contributed by atoms with Gasteiger partial charge in [0.1, 0.15) is 0 Å². The second kappa shape index (κ2) is 4.71. The van der Waals surface area contributed by atoms with Gasteiger partial charge in [-0.05, 0) is 42.7 Å². The fourth-order valence-electron chi connectivity index (χ4n) is 2.55. The van der Waals surface area contributed by atoms with E-state index in [-0.39, 0.29) is 11.8 Å². The van der Waals surface area contributed by atoms with Crippen LogP contribution in [0.15, 0.2) is 42.5 Å². The number of carbonyl (C=O) groups excluding carboxylic acids is 1. The first-order chi connectivity index (χ1) is 9.13. The number of halogens is 1. The van der Waals surface area contributed by atoms with Crippen LogP contribution in [-0.2, 0) is 11.2 Å². The zero-order valence-corrected chi connectivity index (χ0v) is 11.4. The minimum atomic E-state index is -0.117. The summed E-state index contributed by atoms with van der Waals surface area (Å²) in [6.45, 7) is 2.04. The van der Waals surface area contributed by atoms with Crippen molar-refractivity contribution in [2.75, 3.05) is 5.32 Å². The lowest BCUT2D eigenvalue weighted by molar-refractivity contribution is -0.117. The van der Waals surface area contributed by atoms with Gasteiger partial charge in [0.25, 0.3) is 0 Å². The van der Waals surface area contributed by atoms with E-state index in [1.54, 1.807) is 0 Å². The molecule has 0 spiro atoms. The van der Waals surface area contributed by atoms with Crippen molar-refractivity contribution in [2.24, 2.45) is 0 Å². The number of aryl methyl sites for hydroxylation is 1. The average Bonchev–Trinajstić information content (AvgIpc) is 2.66. The van der Waals surface area contributed by atoms with Crippen LogP contribution >= 0.6 is 11.6 Å². The van der Waals surface area contributed by atoms with E-state index < -0.39 is 0 Å². The third-order valence-electron chi connectivity index (χ3n) is 3.49. The van der Waals surface area contributed by atoms with Gasteiger partial charge in [0.15, 0.2) is 0 Å². The van der Waals surface area contributed by atoms with Gasteiger partial charge in [-0.25, -0.2) is 0 Å². The van der Waals surface area contributed by atoms with Gasteiger partial charge in [0.05, 0.1) is 5.92 Å². The fraction of sp³-hybridized carbons (Fsp3) is 0.188. The molecule has 1 atom stereocenters. The van der Waals surface area contributed by atoms with Gasteiger partial charge < -0.3 is 5.32 Å². The predicted molar refractivity (Wildman–Crippen MR) is 77.7 cm³/mol. The maximum Gasteiger partial charge on any atom is 0.232 e. The lowest BCUT2D eigenvalue weighted by Gasteiger charge is -2.09. The summed E-state index contributed by atoms with van der Waals surface area (Å²) in [5.74, 6) is -0.0473. The Hall–Kier alpha value is -1.80. The Kier molecular flexibility index (Phi) is 3.03. The van der Waals surface area contributed by atoms with E-state index in [1.165, 1.54) is 5.56 Å². The van der Waals surface area contributed by atoms with Crippen LogP contribution in [0, 0.1) is 6.92 Å². The molecule has 0 aliphatic carbocycles. The van der Waals surface area contributed by atoms with Crippen LogP contribution in [0.3, 0.4) is 0 Å². The molecular formula is C16H14ClNO. The van der Waals surface area contributed by atoms with Crippen LogP contribution in [0.25, 0.3) is 0 Å². The van der Waals surface area contributed by atoms with E-state index in [9.17, 15) is 4.79 Å². The monoisotopic (exact) mass is 271 g/mol. The van der Waals surface area contributed by atoms with Crippen molar-refractivity contribution < 1.29 is 4.79 Å². The highest BCUT2D eigenvalue weighted by Gasteiger charge is 2.30. The SMILES string of the molecule is Cc1ccc2c(c1)C(Cc1cccc(Cl)c1)C(=O)N2. The molecular weight excluding hydrogens is 258 g/mol. The molecule has 0 bridgehead atoms. The van der Waals surface area contributed by atoms with Gasteiger partial charge in [-0.3, -0.25) is 4.79 Å². The van der Waals surface area contributed by atoms with Crippen molar-refractivity contribution in [1.82, 2.24) is 0 Å². The molecule has 0 fully saturated rings. The number of hydrogen-bond donors (Lipinski definition) is 1. The molecule has 19 heavy (non-hydrogen) atoms. The second-order valence-electron chi connectivity index (χ2n) is 4.97. The summed E-state index contributed by atoms with van der Waals surface area (Å²) in [5, 5.41) is 3.65. The average molecular weight is 272 g/mol. The number of amides is 1. The van der Waals surface area contributed by atoms with Crippen molar-refractivity contribution in [3.05, 3.63) is 64.2 Å². The highest BCUT2D eigenvalue weighted by Crippen LogP contribution is 2.35. The molecule has 1 amide bonds. The lowest BCUT2D eigenvalue weighted by Crippen LogP contribution is -2.14. The fourth-order valence-corrected chi connectivity index (χ4v) is 2.76. The minimum Gasteiger partial charge on any atom is -0.325 e. The van der Waals surface area contributed by atoms with Crippen LogP contribution < -0.4 is 5.32 Å². The van der Waals surface area contributed by atoms with Crippen molar-refractivity contribution in [1.29, 1.82) is 0 Å². The van der Waals surface area contributed by atoms with E-state index >= 15 is 0 Å². The van der Waals surface area contributed by atoms with Crippen LogP contribution in [0.5, 0.6) is 0 Å². The molecule has 1 aliphatic rings. The number of nitrogens with one attached hydrogen (secondary N) is 1. The Morgan fingerprint density at radius 3 is 2.84 bits per heavy atom. The van der Waals surface area contributed by atoms with Gasteiger partial charge in [0, 0.05) is 10.7 Å². The summed E-state index contributed by atoms with van der Waals surface area (Å²) in [4.78, 5) is 12.1. The zero-order valence-electron chi connectivity index (χ0n) is 10.6. The van der Waals surface area contributed by atoms with Crippen LogP contribution in [-0.4, -0.2) is 5.91 Å². The van der Waals surface area contributed by atoms with Crippen molar-refractivity contribution in [3.8, 4) is 0 Å². The highest BCUT2D eigenvalue weighted by atomic mass is 35.5. The predicted octanol–water partition coefficient (Wildman–Crippen LogP) is 3.93. The minimum absolute atomic E-state index is 0.0700. The molecule has 3 rings (SSSR count). The first-order valence-corrected chi connectivity index (χ1v) is 6.67. The number of carbonyl (C=O) groups is 1. The standard InChI is InChI=1S/C16H14ClNO/c1-10-5-6-15-13(7-10)14(16(19)18-15)9-11-3-2-4-12(17)8-11/h2-8,14H,9H2,1H3,(H,18,19). The normalized spacial score (nSPS) is 17.2. The number of hydrogen-bond acceptors (Lipinski definition) is 1. The molecule has 1 heterocycles. The summed E-state index contributed by atoms with van der Waals surface area (Å²) in [6, 6.07) is 13.8. The van der Waals surface area contributed by atoms with E-state index in [0.717, 1.165) is 16.8 Å². The Labute approximate surface area is 117 Å². The first-order valence-electron chi connectivity index (χ1n) is 6.29. The Balaban J connectivity index is 1.94. The molecule has 96 valence electrons. The van der Waals surface area contributed by atoms with Crippen LogP contribution in [0.1, 0.15) is 22.6 Å². The third-order valence-corrected chi connectivity index (χ3v) is 3.72. The smallest absolute Gasteiger partial charge is 0.232 e. The van der Waals surface area contributed by atoms with Gasteiger partial charge in [-0.2, -0.15) is 0 Å². The molecule has 2 aromatic carbocycles. The van der Waals surface area contributed by atoms with E-state index in [4.69, 9.17) is 11.6 Å². The van der Waals surface area contributed by atoms with Gasteiger partial charge in [-0.15, -0.1) is 0 Å². The number of anilines is 1. The largest absolute Gasteiger partial charge is 0.325 e. The molecule has 1 N–H and O–H groups in total. The molecule has 0 saturated carbocycles. The van der Waals surface area contributed by atoms with E-state index in [0.29, 0.717) is 11.4 Å². The maximum absolute atomic E-state index is 12.1. The first kappa shape index (κ1) is 12.2. The highest BCUT2D eigenvalue weighted by molar-refractivity contribution is 6.30. The number of fused-ring (bicyclic) bond motifs is 1. The second-order valence-corrected chi connectivity index (χ2v) is 5.40. The van der Waals surface area contributed by atoms with Crippen molar-refractivity contribution in [2.45, 2.75) is 19.3 Å². The molecule has 0 aromatic heterocycles. The third kappa shape index (κ3) is 2.36. The Morgan fingerprint density at radius 1 is 1.21 bits per heavy atom. The summed E-state index contributed by atoms with van der Waals surface area (Å²) in [7, 11) is 0. The maximum atomic E-state index is 12.1. The lowest BCUT2D eigenvalue weighted by atomic mass is 9.92. The summed E-state index contributed by atoms with van der Waals surface area (Å²) in [6.07, 6.45) is 0.683. The van der Waals surface area contributed by atoms with Crippen LogP contribution in [0.4, 0.5) is 5.69 Å². The summed E-state index contributed by atoms with van der Waals surface area (Å²) >= 11 is 5.99. The summed E-state index contributed by atoms with van der Waals surface area (Å²) < 4.78 is 0. The van der Waals surface area contributed by atoms with E-state index in [2.05, 4.69) is 11.4 Å². The zero-order chi connectivity index (χ0) is 13.4. The van der Waals surface area contributed by atoms with Crippen molar-refractivity contribution in [3.63, 3.8) is 0 Å². The Morgan fingerprint density at radius 2 is 2.05 bits per heavy atom. The number of rotatable bonds is 2. The Bertz CT molecular complexity index is 651. The molecule has 1 aliphatic heterocycles.